The molecule has 1 amide bonds. The second-order valence-electron chi connectivity index (χ2n) is 7.37. The first-order valence-corrected chi connectivity index (χ1v) is 10.3. The number of aliphatic hydroxyl groups excluding tert-OH is 1. The lowest BCUT2D eigenvalue weighted by atomic mass is 10.2. The summed E-state index contributed by atoms with van der Waals surface area (Å²) in [6.45, 7) is 2.08. The highest BCUT2D eigenvalue weighted by Gasteiger charge is 2.44. The van der Waals surface area contributed by atoms with Crippen molar-refractivity contribution >= 4 is 27.5 Å². The van der Waals surface area contributed by atoms with Gasteiger partial charge in [-0.25, -0.2) is 4.98 Å². The molecule has 1 N–H and O–H groups in total. The number of hydrogen-bond acceptors (Lipinski definition) is 6. The maximum atomic E-state index is 11.8. The van der Waals surface area contributed by atoms with Crippen molar-refractivity contribution in [3.05, 3.63) is 54.1 Å². The number of likely N-dealkylation sites (tertiary alicyclic amines) is 2. The third-order valence-corrected chi connectivity index (χ3v) is 6.51. The topological polar surface area (TPSA) is 65.9 Å². The molecule has 2 atom stereocenters. The van der Waals surface area contributed by atoms with Gasteiger partial charge < -0.3 is 14.7 Å². The van der Waals surface area contributed by atoms with Gasteiger partial charge in [0, 0.05) is 31.7 Å². The second-order valence-corrected chi connectivity index (χ2v) is 8.36. The molecule has 0 unspecified atom stereocenters. The van der Waals surface area contributed by atoms with E-state index in [-0.39, 0.29) is 18.6 Å². The summed E-state index contributed by atoms with van der Waals surface area (Å²) in [6, 6.07) is 16.8. The smallest absolute Gasteiger partial charge is 0.279 e. The van der Waals surface area contributed by atoms with Gasteiger partial charge in [-0.2, -0.15) is 0 Å². The summed E-state index contributed by atoms with van der Waals surface area (Å²) in [6.07, 6.45) is 1.00. The lowest BCUT2D eigenvalue weighted by Crippen LogP contribution is -2.49. The van der Waals surface area contributed by atoms with Crippen LogP contribution in [0.3, 0.4) is 0 Å². The molecule has 144 valence electrons. The number of carbonyl (C=O) groups excluding carboxylic acids is 1. The average Bonchev–Trinajstić information content (AvgIpc) is 3.42. The fourth-order valence-electron chi connectivity index (χ4n) is 4.23. The van der Waals surface area contributed by atoms with Crippen LogP contribution >= 0.6 is 11.3 Å². The summed E-state index contributed by atoms with van der Waals surface area (Å²) >= 11 is 1.54. The fourth-order valence-corrected chi connectivity index (χ4v) is 5.07. The number of fused-ring (bicyclic) bond motifs is 3. The summed E-state index contributed by atoms with van der Waals surface area (Å²) in [5, 5.41) is 9.73. The first kappa shape index (κ1) is 17.6. The predicted octanol–water partition coefficient (Wildman–Crippen LogP) is 2.87. The van der Waals surface area contributed by atoms with E-state index in [0.29, 0.717) is 11.2 Å². The van der Waals surface area contributed by atoms with E-state index in [1.807, 2.05) is 41.3 Å². The molecule has 0 spiro atoms. The maximum Gasteiger partial charge on any atom is 0.279 e. The number of para-hydroxylation sites is 1. The Hall–Kier alpha value is -2.48. The fraction of sp³-hybridized carbons (Fsp3) is 0.333. The Labute approximate surface area is 167 Å². The number of rotatable bonds is 5. The van der Waals surface area contributed by atoms with Gasteiger partial charge in [-0.05, 0) is 36.2 Å². The Morgan fingerprint density at radius 1 is 1.14 bits per heavy atom. The number of piperazine rings is 1. The minimum atomic E-state index is -0.390. The molecule has 1 aromatic heterocycles. The molecule has 5 rings (SSSR count). The van der Waals surface area contributed by atoms with E-state index in [2.05, 4.69) is 22.0 Å². The summed E-state index contributed by atoms with van der Waals surface area (Å²) in [7, 11) is 0. The van der Waals surface area contributed by atoms with Crippen molar-refractivity contribution in [2.45, 2.75) is 25.0 Å². The van der Waals surface area contributed by atoms with E-state index >= 15 is 0 Å². The van der Waals surface area contributed by atoms with Crippen molar-refractivity contribution in [1.29, 1.82) is 0 Å². The van der Waals surface area contributed by atoms with Crippen LogP contribution in [0.1, 0.15) is 12.0 Å². The van der Waals surface area contributed by atoms with Crippen molar-refractivity contribution in [1.82, 2.24) is 14.8 Å². The van der Waals surface area contributed by atoms with Gasteiger partial charge in [0.15, 0.2) is 0 Å². The number of hydrogen-bond donors (Lipinski definition) is 1. The number of aromatic nitrogens is 1. The van der Waals surface area contributed by atoms with Crippen molar-refractivity contribution < 1.29 is 14.6 Å². The molecule has 3 heterocycles. The van der Waals surface area contributed by atoms with E-state index in [4.69, 9.17) is 9.84 Å². The second kappa shape index (κ2) is 7.16. The average molecular weight is 395 g/mol. The zero-order chi connectivity index (χ0) is 19.1. The molecular formula is C21H21N3O3S. The van der Waals surface area contributed by atoms with E-state index in [0.717, 1.165) is 42.0 Å². The largest absolute Gasteiger partial charge is 0.431 e. The number of ether oxygens (including phenoxy) is 1. The molecule has 2 saturated heterocycles. The molecule has 2 aromatic carbocycles. The lowest BCUT2D eigenvalue weighted by Gasteiger charge is -2.34. The molecule has 6 nitrogen and oxygen atoms in total. The molecule has 7 heteroatoms. The molecule has 3 aromatic rings. The Morgan fingerprint density at radius 2 is 1.96 bits per heavy atom. The predicted molar refractivity (Wildman–Crippen MR) is 108 cm³/mol. The number of thiazole rings is 1. The molecule has 2 aliphatic heterocycles. The first-order chi connectivity index (χ1) is 13.7. The number of amides is 1. The van der Waals surface area contributed by atoms with Crippen LogP contribution in [0.4, 0.5) is 0 Å². The van der Waals surface area contributed by atoms with Gasteiger partial charge in [0.05, 0.1) is 10.2 Å². The number of aliphatic hydroxyl groups is 1. The van der Waals surface area contributed by atoms with Crippen molar-refractivity contribution in [2.24, 2.45) is 0 Å². The molecule has 28 heavy (non-hydrogen) atoms. The summed E-state index contributed by atoms with van der Waals surface area (Å²) in [4.78, 5) is 20.5. The van der Waals surface area contributed by atoms with Crippen LogP contribution in [0.15, 0.2) is 48.5 Å². The lowest BCUT2D eigenvalue weighted by molar-refractivity contribution is -0.136. The molecule has 2 bridgehead atoms. The minimum Gasteiger partial charge on any atom is -0.431 e. The SMILES string of the molecule is O=C(CO)N1C[C@H]2C[C@H]1CN2Cc1ccc(Oc2nc3ccccc3s2)cc1. The Kier molecular flexibility index (Phi) is 4.50. The van der Waals surface area contributed by atoms with Crippen LogP contribution in [-0.4, -0.2) is 57.6 Å². The zero-order valence-electron chi connectivity index (χ0n) is 15.3. The zero-order valence-corrected chi connectivity index (χ0v) is 16.1. The van der Waals surface area contributed by atoms with Crippen LogP contribution in [0.25, 0.3) is 10.2 Å². The van der Waals surface area contributed by atoms with Crippen molar-refractivity contribution in [2.75, 3.05) is 19.7 Å². The van der Waals surface area contributed by atoms with E-state index in [1.165, 1.54) is 5.56 Å². The van der Waals surface area contributed by atoms with Gasteiger partial charge in [-0.1, -0.05) is 35.6 Å². The molecule has 2 fully saturated rings. The normalized spacial score (nSPS) is 21.5. The maximum absolute atomic E-state index is 11.8. The first-order valence-electron chi connectivity index (χ1n) is 9.46. The third kappa shape index (κ3) is 3.26. The summed E-state index contributed by atoms with van der Waals surface area (Å²) in [5.41, 5.74) is 2.18. The summed E-state index contributed by atoms with van der Waals surface area (Å²) in [5.74, 6) is 0.633. The van der Waals surface area contributed by atoms with Gasteiger partial charge in [0.25, 0.3) is 5.19 Å². The molecule has 0 aliphatic carbocycles. The molecule has 0 radical (unpaired) electrons. The van der Waals surface area contributed by atoms with Crippen LogP contribution in [0.2, 0.25) is 0 Å². The Bertz CT molecular complexity index is 971. The van der Waals surface area contributed by atoms with Crippen LogP contribution in [0.5, 0.6) is 10.9 Å². The highest BCUT2D eigenvalue weighted by molar-refractivity contribution is 7.20. The highest BCUT2D eigenvalue weighted by Crippen LogP contribution is 2.33. The quantitative estimate of drug-likeness (QED) is 0.720. The van der Waals surface area contributed by atoms with Crippen LogP contribution in [0, 0.1) is 0 Å². The van der Waals surface area contributed by atoms with Gasteiger partial charge in [-0.15, -0.1) is 0 Å². The minimum absolute atomic E-state index is 0.150. The monoisotopic (exact) mass is 395 g/mol. The standard InChI is InChI=1S/C21H21N3O3S/c25-13-20(26)24-12-15-9-16(24)11-23(15)10-14-5-7-17(8-6-14)27-21-22-18-3-1-2-4-19(18)28-21/h1-8,15-16,25H,9-13H2/t15-,16+/m1/s1. The third-order valence-electron chi connectivity index (χ3n) is 5.60. The van der Waals surface area contributed by atoms with Crippen molar-refractivity contribution in [3.63, 3.8) is 0 Å². The number of carbonyl (C=O) groups is 1. The van der Waals surface area contributed by atoms with Crippen LogP contribution < -0.4 is 4.74 Å². The molecular weight excluding hydrogens is 374 g/mol. The van der Waals surface area contributed by atoms with E-state index in [1.54, 1.807) is 11.3 Å². The summed E-state index contributed by atoms with van der Waals surface area (Å²) < 4.78 is 7.03. The Morgan fingerprint density at radius 3 is 2.68 bits per heavy atom. The van der Waals surface area contributed by atoms with Gasteiger partial charge in [-0.3, -0.25) is 9.69 Å². The van der Waals surface area contributed by atoms with Crippen LogP contribution in [-0.2, 0) is 11.3 Å². The van der Waals surface area contributed by atoms with E-state index < -0.39 is 0 Å². The van der Waals surface area contributed by atoms with Crippen molar-refractivity contribution in [3.8, 4) is 10.9 Å². The molecule has 0 saturated carbocycles. The van der Waals surface area contributed by atoms with E-state index in [9.17, 15) is 4.79 Å². The van der Waals surface area contributed by atoms with Gasteiger partial charge in [0.1, 0.15) is 12.4 Å². The molecule has 2 aliphatic rings. The Balaban J connectivity index is 1.21. The number of benzene rings is 2. The highest BCUT2D eigenvalue weighted by atomic mass is 32.1. The van der Waals surface area contributed by atoms with Gasteiger partial charge >= 0.3 is 0 Å². The van der Waals surface area contributed by atoms with Gasteiger partial charge in [0.2, 0.25) is 5.91 Å². The number of nitrogens with zero attached hydrogens (tertiary/aromatic N) is 3.